The van der Waals surface area contributed by atoms with Gasteiger partial charge in [0.05, 0.1) is 16.9 Å². The Labute approximate surface area is 240 Å². The smallest absolute Gasteiger partial charge is 0.397 e. The van der Waals surface area contributed by atoms with Crippen molar-refractivity contribution in [3.63, 3.8) is 0 Å². The van der Waals surface area contributed by atoms with Crippen LogP contribution in [0.15, 0.2) is 56.3 Å². The number of amides is 1. The Kier molecular flexibility index (Phi) is 7.98. The first-order valence-electron chi connectivity index (χ1n) is 12.8. The fraction of sp³-hybridized carbons (Fsp3) is 0.407. The van der Waals surface area contributed by atoms with Crippen LogP contribution in [-0.4, -0.2) is 57.5 Å². The molecule has 0 aliphatic carbocycles. The highest BCUT2D eigenvalue weighted by molar-refractivity contribution is 9.11. The fourth-order valence-corrected chi connectivity index (χ4v) is 6.73. The third kappa shape index (κ3) is 5.97. The van der Waals surface area contributed by atoms with Gasteiger partial charge in [0.2, 0.25) is 0 Å². The molecule has 3 heterocycles. The molecule has 5 rings (SSSR count). The van der Waals surface area contributed by atoms with Gasteiger partial charge in [-0.05, 0) is 81.8 Å². The van der Waals surface area contributed by atoms with E-state index in [-0.39, 0.29) is 17.6 Å². The number of anilines is 1. The molecule has 2 fully saturated rings. The molecule has 2 aliphatic heterocycles. The molecule has 12 heteroatoms. The Morgan fingerprint density at radius 3 is 2.18 bits per heavy atom. The Hall–Kier alpha value is -2.57. The predicted molar refractivity (Wildman–Crippen MR) is 151 cm³/mol. The number of likely N-dealkylation sites (tertiary alicyclic amines) is 2. The molecule has 0 spiro atoms. The first kappa shape index (κ1) is 28.0. The van der Waals surface area contributed by atoms with E-state index < -0.39 is 11.7 Å². The largest absolute Gasteiger partial charge is 0.416 e. The molecule has 0 atom stereocenters. The third-order valence-electron chi connectivity index (χ3n) is 7.73. The average Bonchev–Trinajstić information content (AvgIpc) is 3.32. The van der Waals surface area contributed by atoms with Gasteiger partial charge in [-0.3, -0.25) is 9.36 Å². The van der Waals surface area contributed by atoms with Crippen molar-refractivity contribution in [1.82, 2.24) is 19.4 Å². The number of nitrogens with two attached hydrogens (primary N) is 1. The number of nitrogen functional groups attached to an aromatic ring is 1. The number of hydrogen-bond donors (Lipinski definition) is 2. The van der Waals surface area contributed by atoms with E-state index in [9.17, 15) is 22.8 Å². The summed E-state index contributed by atoms with van der Waals surface area (Å²) in [7, 11) is 0. The lowest BCUT2D eigenvalue weighted by Gasteiger charge is -2.42. The van der Waals surface area contributed by atoms with Gasteiger partial charge in [-0.2, -0.15) is 13.2 Å². The van der Waals surface area contributed by atoms with E-state index >= 15 is 0 Å². The molecule has 0 radical (unpaired) electrons. The lowest BCUT2D eigenvalue weighted by Crippen LogP contribution is -2.49. The van der Waals surface area contributed by atoms with E-state index in [4.69, 9.17) is 5.73 Å². The van der Waals surface area contributed by atoms with Crippen LogP contribution in [0.3, 0.4) is 0 Å². The third-order valence-corrected chi connectivity index (χ3v) is 9.04. The van der Waals surface area contributed by atoms with Gasteiger partial charge in [0.25, 0.3) is 5.91 Å². The molecule has 2 aromatic carbocycles. The van der Waals surface area contributed by atoms with Crippen LogP contribution in [-0.2, 0) is 6.18 Å². The first-order valence-corrected chi connectivity index (χ1v) is 14.4. The zero-order valence-corrected chi connectivity index (χ0v) is 24.2. The summed E-state index contributed by atoms with van der Waals surface area (Å²) < 4.78 is 42.3. The van der Waals surface area contributed by atoms with Crippen molar-refractivity contribution < 1.29 is 18.0 Å². The van der Waals surface area contributed by atoms with Crippen LogP contribution < -0.4 is 11.4 Å². The van der Waals surface area contributed by atoms with Crippen molar-refractivity contribution in [2.24, 2.45) is 0 Å². The second-order valence-electron chi connectivity index (χ2n) is 10.1. The zero-order chi connectivity index (χ0) is 27.9. The number of hydrogen-bond acceptors (Lipinski definition) is 4. The van der Waals surface area contributed by atoms with Crippen molar-refractivity contribution in [3.05, 3.63) is 73.2 Å². The number of nitrogens with one attached hydrogen (secondary N) is 1. The van der Waals surface area contributed by atoms with E-state index in [1.54, 1.807) is 29.0 Å². The van der Waals surface area contributed by atoms with E-state index in [0.29, 0.717) is 50.6 Å². The lowest BCUT2D eigenvalue weighted by molar-refractivity contribution is -0.137. The second-order valence-corrected chi connectivity index (χ2v) is 11.8. The number of aromatic nitrogens is 2. The van der Waals surface area contributed by atoms with Gasteiger partial charge in [-0.25, -0.2) is 4.79 Å². The van der Waals surface area contributed by atoms with Gasteiger partial charge in [-0.1, -0.05) is 12.1 Å². The highest BCUT2D eigenvalue weighted by Gasteiger charge is 2.32. The Morgan fingerprint density at radius 1 is 0.949 bits per heavy atom. The number of imidazole rings is 1. The molecular formula is C27H28Br2F3N5O2. The molecule has 1 aromatic heterocycles. The number of halogens is 5. The van der Waals surface area contributed by atoms with E-state index in [0.717, 1.165) is 50.9 Å². The van der Waals surface area contributed by atoms with E-state index in [1.165, 1.54) is 6.07 Å². The quantitative estimate of drug-likeness (QED) is 0.338. The average molecular weight is 671 g/mol. The number of carbonyl (C=O) groups is 1. The second kappa shape index (κ2) is 11.1. The van der Waals surface area contributed by atoms with Crippen LogP contribution in [0.25, 0.3) is 11.3 Å². The summed E-state index contributed by atoms with van der Waals surface area (Å²) in [5, 5.41) is 0. The molecule has 3 N–H and O–H groups in total. The minimum atomic E-state index is -4.44. The number of piperidine rings is 2. The summed E-state index contributed by atoms with van der Waals surface area (Å²) >= 11 is 6.81. The topological polar surface area (TPSA) is 87.4 Å². The van der Waals surface area contributed by atoms with Crippen molar-refractivity contribution in [1.29, 1.82) is 0 Å². The number of benzene rings is 2. The van der Waals surface area contributed by atoms with Crippen molar-refractivity contribution in [2.45, 2.75) is 43.9 Å². The fourth-order valence-electron chi connectivity index (χ4n) is 5.54. The number of carbonyl (C=O) groups excluding carboxylic acids is 1. The molecule has 0 bridgehead atoms. The summed E-state index contributed by atoms with van der Waals surface area (Å²) in [6.45, 7) is 2.97. The molecular weight excluding hydrogens is 643 g/mol. The maximum atomic E-state index is 13.1. The number of alkyl halides is 3. The molecule has 39 heavy (non-hydrogen) atoms. The standard InChI is InChI=1S/C27H28Br2F3N5O2/c28-21-13-17(14-22(29)24(21)33)25(38)36-10-4-19(5-11-36)35-8-6-20(7-9-35)37-15-23(34-26(37)39)16-2-1-3-18(12-16)27(30,31)32/h1-3,12-15,19-20H,4-11,33H2,(H,34,39). The van der Waals surface area contributed by atoms with Crippen molar-refractivity contribution in [3.8, 4) is 11.3 Å². The number of H-pyrrole nitrogens is 1. The maximum Gasteiger partial charge on any atom is 0.416 e. The Balaban J connectivity index is 1.17. The highest BCUT2D eigenvalue weighted by Crippen LogP contribution is 2.33. The summed E-state index contributed by atoms with van der Waals surface area (Å²) in [6, 6.07) is 8.83. The van der Waals surface area contributed by atoms with E-state index in [1.807, 2.05) is 4.90 Å². The molecule has 0 saturated carbocycles. The summed E-state index contributed by atoms with van der Waals surface area (Å²) in [5.41, 5.74) is 6.75. The van der Waals surface area contributed by atoms with Crippen LogP contribution in [0.2, 0.25) is 0 Å². The Morgan fingerprint density at radius 2 is 1.56 bits per heavy atom. The molecule has 2 saturated heterocycles. The van der Waals surface area contributed by atoms with Crippen LogP contribution in [0, 0.1) is 0 Å². The van der Waals surface area contributed by atoms with Gasteiger partial charge >= 0.3 is 11.9 Å². The molecule has 0 unspecified atom stereocenters. The van der Waals surface area contributed by atoms with Gasteiger partial charge in [-0.15, -0.1) is 0 Å². The highest BCUT2D eigenvalue weighted by atomic mass is 79.9. The van der Waals surface area contributed by atoms with Gasteiger partial charge < -0.3 is 20.5 Å². The van der Waals surface area contributed by atoms with Crippen LogP contribution >= 0.6 is 31.9 Å². The minimum Gasteiger partial charge on any atom is -0.397 e. The van der Waals surface area contributed by atoms with Crippen LogP contribution in [0.5, 0.6) is 0 Å². The van der Waals surface area contributed by atoms with Crippen LogP contribution in [0.1, 0.15) is 47.6 Å². The maximum absolute atomic E-state index is 13.1. The molecule has 208 valence electrons. The van der Waals surface area contributed by atoms with Crippen LogP contribution in [0.4, 0.5) is 18.9 Å². The summed E-state index contributed by atoms with van der Waals surface area (Å²) in [6.07, 6.45) is 0.476. The molecule has 7 nitrogen and oxygen atoms in total. The summed E-state index contributed by atoms with van der Waals surface area (Å²) in [4.78, 5) is 32.8. The normalized spacial score (nSPS) is 18.0. The molecule has 3 aromatic rings. The van der Waals surface area contributed by atoms with E-state index in [2.05, 4.69) is 41.7 Å². The Bertz CT molecular complexity index is 1400. The predicted octanol–water partition coefficient (Wildman–Crippen LogP) is 5.91. The molecule has 2 aliphatic rings. The number of aromatic amines is 1. The zero-order valence-electron chi connectivity index (χ0n) is 21.0. The number of nitrogens with zero attached hydrogens (tertiary/aromatic N) is 3. The van der Waals surface area contributed by atoms with Crippen molar-refractivity contribution in [2.75, 3.05) is 31.9 Å². The monoisotopic (exact) mass is 669 g/mol. The van der Waals surface area contributed by atoms with Crippen molar-refractivity contribution >= 4 is 43.5 Å². The number of rotatable bonds is 4. The van der Waals surface area contributed by atoms with Gasteiger partial charge in [0.15, 0.2) is 0 Å². The summed E-state index contributed by atoms with van der Waals surface area (Å²) in [5.74, 6) is -0.0167. The van der Waals surface area contributed by atoms with Gasteiger partial charge in [0, 0.05) is 64.5 Å². The SMILES string of the molecule is Nc1c(Br)cc(C(=O)N2CCC(N3CCC(n4cc(-c5cccc(C(F)(F)F)c5)[nH]c4=O)CC3)CC2)cc1Br. The minimum absolute atomic E-state index is 0.0167. The lowest BCUT2D eigenvalue weighted by atomic mass is 9.97. The molecule has 1 amide bonds. The van der Waals surface area contributed by atoms with Gasteiger partial charge in [0.1, 0.15) is 0 Å². The first-order chi connectivity index (χ1) is 18.5.